The number of nitrogens with one attached hydrogen (secondary N) is 1. The average Bonchev–Trinajstić information content (AvgIpc) is 3.17. The molecule has 2 aromatic carbocycles. The fourth-order valence-corrected chi connectivity index (χ4v) is 5.77. The highest BCUT2D eigenvalue weighted by Gasteiger charge is 2.73. The highest BCUT2D eigenvalue weighted by molar-refractivity contribution is 5.94. The zero-order valence-electron chi connectivity index (χ0n) is 19.3. The van der Waals surface area contributed by atoms with Crippen LogP contribution in [0.15, 0.2) is 60.7 Å². The second-order valence-corrected chi connectivity index (χ2v) is 9.65. The van der Waals surface area contributed by atoms with Crippen molar-refractivity contribution in [2.45, 2.75) is 44.4 Å². The molecule has 5 rings (SSSR count). The lowest BCUT2D eigenvalue weighted by atomic mass is 9.63. The summed E-state index contributed by atoms with van der Waals surface area (Å²) in [6, 6.07) is 23.3. The quantitative estimate of drug-likeness (QED) is 0.592. The van der Waals surface area contributed by atoms with Crippen LogP contribution in [-0.2, 0) is 15.6 Å². The Balaban J connectivity index is 1.66. The molecule has 2 unspecified atom stereocenters. The summed E-state index contributed by atoms with van der Waals surface area (Å²) in [6.07, 6.45) is 1.32. The number of carbonyl (C=O) groups is 1. The van der Waals surface area contributed by atoms with Crippen molar-refractivity contribution in [3.8, 4) is 12.1 Å². The van der Waals surface area contributed by atoms with Gasteiger partial charge in [0.2, 0.25) is 0 Å². The van der Waals surface area contributed by atoms with Crippen LogP contribution in [0, 0.1) is 28.1 Å². The fourth-order valence-electron chi connectivity index (χ4n) is 5.77. The Kier molecular flexibility index (Phi) is 4.70. The van der Waals surface area contributed by atoms with Crippen LogP contribution < -0.4 is 10.4 Å². The number of carbonyl (C=O) groups excluding carboxylic acids is 1. The van der Waals surface area contributed by atoms with Crippen molar-refractivity contribution in [3.05, 3.63) is 83.4 Å². The van der Waals surface area contributed by atoms with E-state index in [4.69, 9.17) is 0 Å². The van der Waals surface area contributed by atoms with E-state index < -0.39 is 16.2 Å². The van der Waals surface area contributed by atoms with E-state index in [0.717, 1.165) is 17.8 Å². The second kappa shape index (κ2) is 7.40. The molecule has 7 nitrogen and oxygen atoms in total. The van der Waals surface area contributed by atoms with Gasteiger partial charge in [-0.2, -0.15) is 10.5 Å². The summed E-state index contributed by atoms with van der Waals surface area (Å²) in [5.74, 6) is -0.199. The van der Waals surface area contributed by atoms with E-state index in [2.05, 4.69) is 36.2 Å². The van der Waals surface area contributed by atoms with Crippen molar-refractivity contribution in [3.63, 3.8) is 0 Å². The number of fused-ring (bicyclic) bond motifs is 5. The Morgan fingerprint density at radius 3 is 1.85 bits per heavy atom. The van der Waals surface area contributed by atoms with Gasteiger partial charge in [0.25, 0.3) is 5.91 Å². The molecule has 34 heavy (non-hydrogen) atoms. The van der Waals surface area contributed by atoms with Crippen LogP contribution in [-0.4, -0.2) is 15.9 Å². The molecule has 2 atom stereocenters. The van der Waals surface area contributed by atoms with E-state index in [1.165, 1.54) is 0 Å². The number of amides is 1. The molecule has 3 aromatic rings. The highest BCUT2D eigenvalue weighted by Crippen LogP contribution is 2.70. The third kappa shape index (κ3) is 2.64. The fraction of sp³-hybridized carbons (Fsp3) is 0.296. The van der Waals surface area contributed by atoms with Crippen LogP contribution >= 0.6 is 0 Å². The molecule has 1 heterocycles. The van der Waals surface area contributed by atoms with Crippen molar-refractivity contribution in [1.82, 2.24) is 15.4 Å². The van der Waals surface area contributed by atoms with E-state index in [1.807, 2.05) is 72.8 Å². The highest BCUT2D eigenvalue weighted by atomic mass is 16.2. The molecule has 1 amide bonds. The minimum atomic E-state index is -0.995. The lowest BCUT2D eigenvalue weighted by Crippen LogP contribution is -2.55. The number of rotatable bonds is 4. The summed E-state index contributed by atoms with van der Waals surface area (Å²) in [6.45, 7) is 6.22. The molecule has 2 bridgehead atoms. The third-order valence-electron chi connectivity index (χ3n) is 8.11. The molecule has 0 aliphatic heterocycles. The van der Waals surface area contributed by atoms with Crippen molar-refractivity contribution in [2.24, 2.45) is 5.41 Å². The van der Waals surface area contributed by atoms with Gasteiger partial charge in [0.15, 0.2) is 11.4 Å². The number of aromatic nitrogens is 2. The van der Waals surface area contributed by atoms with E-state index in [-0.39, 0.29) is 17.3 Å². The van der Waals surface area contributed by atoms with Gasteiger partial charge in [-0.05, 0) is 42.5 Å². The molecule has 2 aliphatic carbocycles. The molecular formula is C27H24N6O. The first-order valence-electron chi connectivity index (χ1n) is 11.2. The standard InChI is InChI=1S/C27H24N6O/c1-25(2)26(3)14-15-27(25,23-22(26)30-20(16-28)21(17-29)31-23)24(34)32-33(18-10-6-4-7-11-18)19-12-8-5-9-13-19/h4-13H,14-15H2,1-3H3,(H,32,34). The van der Waals surface area contributed by atoms with E-state index in [0.29, 0.717) is 17.8 Å². The van der Waals surface area contributed by atoms with E-state index in [1.54, 1.807) is 5.01 Å². The molecule has 1 fully saturated rings. The molecule has 168 valence electrons. The van der Waals surface area contributed by atoms with Gasteiger partial charge in [0.05, 0.1) is 22.8 Å². The van der Waals surface area contributed by atoms with Gasteiger partial charge in [-0.3, -0.25) is 15.2 Å². The second-order valence-electron chi connectivity index (χ2n) is 9.65. The normalized spacial score (nSPS) is 23.4. The number of hydrazine groups is 1. The molecule has 1 aromatic heterocycles. The van der Waals surface area contributed by atoms with Crippen molar-refractivity contribution in [1.29, 1.82) is 10.5 Å². The summed E-state index contributed by atoms with van der Waals surface area (Å²) in [7, 11) is 0. The van der Waals surface area contributed by atoms with Crippen LogP contribution in [0.4, 0.5) is 11.4 Å². The van der Waals surface area contributed by atoms with Crippen molar-refractivity contribution < 1.29 is 4.79 Å². The van der Waals surface area contributed by atoms with E-state index >= 15 is 0 Å². The maximum Gasteiger partial charge on any atom is 0.251 e. The molecule has 0 spiro atoms. The summed E-state index contributed by atoms with van der Waals surface area (Å²) < 4.78 is 0. The van der Waals surface area contributed by atoms with Gasteiger partial charge >= 0.3 is 0 Å². The lowest BCUT2D eigenvalue weighted by molar-refractivity contribution is -0.130. The maximum absolute atomic E-state index is 14.3. The Bertz CT molecular complexity index is 1330. The third-order valence-corrected chi connectivity index (χ3v) is 8.11. The van der Waals surface area contributed by atoms with Crippen LogP contribution in [0.3, 0.4) is 0 Å². The zero-order valence-corrected chi connectivity index (χ0v) is 19.3. The number of hydrogen-bond acceptors (Lipinski definition) is 6. The first-order chi connectivity index (χ1) is 16.3. The van der Waals surface area contributed by atoms with Crippen LogP contribution in [0.5, 0.6) is 0 Å². The summed E-state index contributed by atoms with van der Waals surface area (Å²) in [4.78, 5) is 23.5. The first kappa shape index (κ1) is 21.6. The van der Waals surface area contributed by atoms with Crippen LogP contribution in [0.1, 0.15) is 56.4 Å². The van der Waals surface area contributed by atoms with Crippen molar-refractivity contribution >= 4 is 17.3 Å². The number of benzene rings is 2. The van der Waals surface area contributed by atoms with E-state index in [9.17, 15) is 15.3 Å². The minimum Gasteiger partial charge on any atom is -0.272 e. The predicted molar refractivity (Wildman–Crippen MR) is 127 cm³/mol. The topological polar surface area (TPSA) is 106 Å². The molecule has 1 saturated carbocycles. The van der Waals surface area contributed by atoms with Gasteiger partial charge in [0, 0.05) is 5.41 Å². The maximum atomic E-state index is 14.3. The summed E-state index contributed by atoms with van der Waals surface area (Å²) in [5, 5.41) is 20.9. The van der Waals surface area contributed by atoms with Crippen LogP contribution in [0.2, 0.25) is 0 Å². The molecule has 0 radical (unpaired) electrons. The average molecular weight is 449 g/mol. The van der Waals surface area contributed by atoms with Gasteiger partial charge in [-0.25, -0.2) is 9.97 Å². The molecular weight excluding hydrogens is 424 g/mol. The molecule has 2 aliphatic rings. The SMILES string of the molecule is CC12CCC(C(=O)NN(c3ccccc3)c3ccccc3)(c3nc(C#N)c(C#N)nc31)C2(C)C. The van der Waals surface area contributed by atoms with Gasteiger partial charge < -0.3 is 0 Å². The van der Waals surface area contributed by atoms with Crippen LogP contribution in [0.25, 0.3) is 0 Å². The number of nitrogens with zero attached hydrogens (tertiary/aromatic N) is 5. The summed E-state index contributed by atoms with van der Waals surface area (Å²) >= 11 is 0. The lowest BCUT2D eigenvalue weighted by Gasteiger charge is -2.40. The predicted octanol–water partition coefficient (Wildman–Crippen LogP) is 4.42. The monoisotopic (exact) mass is 448 g/mol. The number of anilines is 2. The minimum absolute atomic E-state index is 0.0107. The first-order valence-corrected chi connectivity index (χ1v) is 11.2. The van der Waals surface area contributed by atoms with Crippen molar-refractivity contribution in [2.75, 3.05) is 5.01 Å². The zero-order chi connectivity index (χ0) is 24.1. The Hall–Kier alpha value is -4.23. The molecule has 1 N–H and O–H groups in total. The van der Waals surface area contributed by atoms with Gasteiger partial charge in [-0.15, -0.1) is 0 Å². The molecule has 7 heteroatoms. The summed E-state index contributed by atoms with van der Waals surface area (Å²) in [5.41, 5.74) is 3.97. The molecule has 0 saturated heterocycles. The van der Waals surface area contributed by atoms with Gasteiger partial charge in [-0.1, -0.05) is 57.2 Å². The Labute approximate surface area is 198 Å². The largest absolute Gasteiger partial charge is 0.272 e. The van der Waals surface area contributed by atoms with Gasteiger partial charge in [0.1, 0.15) is 17.6 Å². The number of hydrogen-bond donors (Lipinski definition) is 1. The number of para-hydroxylation sites is 2. The number of nitriles is 2. The smallest absolute Gasteiger partial charge is 0.251 e. The Morgan fingerprint density at radius 1 is 0.853 bits per heavy atom. The Morgan fingerprint density at radius 2 is 1.35 bits per heavy atom.